The number of aromatic nitrogens is 5. The summed E-state index contributed by atoms with van der Waals surface area (Å²) in [5.74, 6) is 1.46. The Bertz CT molecular complexity index is 4420. The molecule has 6 heterocycles. The number of quaternary nitrogens is 1. The second-order valence-electron chi connectivity index (χ2n) is 24.2. The zero-order valence-corrected chi connectivity index (χ0v) is 59.4. The number of nitrogens with one attached hydrogen (secondary N) is 4. The lowest BCUT2D eigenvalue weighted by atomic mass is 10.0. The molecule has 3 aromatic heterocycles. The molecule has 7 aromatic rings. The van der Waals surface area contributed by atoms with Crippen LogP contribution in [0, 0.1) is 0 Å². The number of benzene rings is 4. The number of rotatable bonds is 27. The van der Waals surface area contributed by atoms with Crippen LogP contribution in [-0.2, 0) is 40.4 Å². The molecule has 3 aliphatic heterocycles. The number of thiazole rings is 2. The van der Waals surface area contributed by atoms with Gasteiger partial charge in [-0.15, -0.1) is 20.5 Å². The van der Waals surface area contributed by atoms with Crippen molar-refractivity contribution in [3.8, 4) is 0 Å². The van der Waals surface area contributed by atoms with Crippen molar-refractivity contribution in [3.63, 3.8) is 0 Å². The van der Waals surface area contributed by atoms with Crippen molar-refractivity contribution in [2.75, 3.05) is 94.9 Å². The third-order valence-electron chi connectivity index (χ3n) is 17.7. The van der Waals surface area contributed by atoms with E-state index in [0.29, 0.717) is 98.7 Å². The summed E-state index contributed by atoms with van der Waals surface area (Å²) in [5, 5.41) is 33.3. The lowest BCUT2D eigenvalue weighted by Gasteiger charge is -2.39. The summed E-state index contributed by atoms with van der Waals surface area (Å²) in [5.41, 5.74) is 5.05. The minimum absolute atomic E-state index is 0.0597. The number of nitrogens with zero attached hydrogens (tertiary/aromatic N) is 13. The van der Waals surface area contributed by atoms with E-state index in [4.69, 9.17) is 45.4 Å². The Morgan fingerprint density at radius 2 is 1.19 bits per heavy atom. The monoisotopic (exact) mass is 1430 g/mol. The van der Waals surface area contributed by atoms with Crippen molar-refractivity contribution in [3.05, 3.63) is 112 Å². The summed E-state index contributed by atoms with van der Waals surface area (Å²) in [6.07, 6.45) is 14.7. The second kappa shape index (κ2) is 31.6. The summed E-state index contributed by atoms with van der Waals surface area (Å²) in [6, 6.07) is 22.4. The molecule has 0 atom stereocenters. The fraction of sp³-hybridized carbons (Fsp3) is 0.403. The summed E-state index contributed by atoms with van der Waals surface area (Å²) < 4.78 is 65.9. The van der Waals surface area contributed by atoms with Gasteiger partial charge in [0.2, 0.25) is 22.2 Å². The number of hydrogen-bond acceptors (Lipinski definition) is 25. The Morgan fingerprint density at radius 3 is 1.73 bits per heavy atom. The number of ketones is 1. The van der Waals surface area contributed by atoms with Crippen LogP contribution in [0.5, 0.6) is 0 Å². The largest absolute Gasteiger partial charge is 0.381 e. The number of fused-ring (bicyclic) bond motifs is 2. The molecule has 31 heteroatoms. The van der Waals surface area contributed by atoms with E-state index >= 15 is 0 Å². The lowest BCUT2D eigenvalue weighted by Crippen LogP contribution is -2.59. The van der Waals surface area contributed by atoms with Crippen LogP contribution < -0.4 is 40.4 Å². The molecule has 6 N–H and O–H groups in total. The topological polar surface area (TPSA) is 332 Å². The van der Waals surface area contributed by atoms with E-state index in [2.05, 4.69) is 63.7 Å². The van der Waals surface area contributed by atoms with Crippen LogP contribution in [0.15, 0.2) is 126 Å². The fourth-order valence-electron chi connectivity index (χ4n) is 12.5. The smallest absolute Gasteiger partial charge is 0.350 e. The van der Waals surface area contributed by atoms with Crippen molar-refractivity contribution in [2.24, 2.45) is 20.5 Å². The summed E-state index contributed by atoms with van der Waals surface area (Å²) in [4.78, 5) is 74.1. The van der Waals surface area contributed by atoms with Crippen LogP contribution in [0.4, 0.5) is 79.3 Å². The Morgan fingerprint density at radius 1 is 0.663 bits per heavy atom. The average molecular weight is 1430 g/mol. The second-order valence-corrected chi connectivity index (χ2v) is 30.3. The molecule has 1 aliphatic carbocycles. The van der Waals surface area contributed by atoms with Gasteiger partial charge in [-0.1, -0.05) is 41.9 Å². The van der Waals surface area contributed by atoms with Crippen molar-refractivity contribution < 1.29 is 40.3 Å². The van der Waals surface area contributed by atoms with Crippen LogP contribution in [0.3, 0.4) is 0 Å². The highest BCUT2D eigenvalue weighted by molar-refractivity contribution is 7.99. The SMILES string of the molecule is CCN(CC)c1ccc(N=Nc2nc(N3CCCCC3)c(C=C(C(C)=O)C(=O)Nc3ccc(S(=O)(=O)O)cc3)s2)c(Nc2nc(CSC3CCCCC3)nc(Nc3cc(N(CC)CC)ccc3N=Nc3nc4c(s3)C=C(CNc3ccc(S(=O)(=O)O)cc3)C(=O)[N+]43CCCCC3)n2)c1. The first-order chi connectivity index (χ1) is 47.2. The first kappa shape index (κ1) is 70.9. The van der Waals surface area contributed by atoms with Crippen molar-refractivity contribution in [1.82, 2.24) is 29.4 Å². The van der Waals surface area contributed by atoms with Gasteiger partial charge < -0.3 is 36.0 Å². The Hall–Kier alpha value is -8.43. The van der Waals surface area contributed by atoms with E-state index in [1.165, 1.54) is 79.2 Å². The van der Waals surface area contributed by atoms with Crippen LogP contribution in [-0.4, -0.2) is 133 Å². The maximum Gasteiger partial charge on any atom is 0.350 e. The molecule has 3 fully saturated rings. The predicted molar refractivity (Wildman–Crippen MR) is 390 cm³/mol. The van der Waals surface area contributed by atoms with Gasteiger partial charge in [0.15, 0.2) is 5.78 Å². The van der Waals surface area contributed by atoms with Gasteiger partial charge in [-0.05, 0) is 183 Å². The van der Waals surface area contributed by atoms with Crippen LogP contribution in [0.25, 0.3) is 12.2 Å². The van der Waals surface area contributed by atoms with Gasteiger partial charge in [0, 0.05) is 73.8 Å². The zero-order valence-electron chi connectivity index (χ0n) is 55.3. The van der Waals surface area contributed by atoms with E-state index in [1.807, 2.05) is 54.2 Å². The molecule has 516 valence electrons. The Balaban J connectivity index is 0.924. The molecule has 0 unspecified atom stereocenters. The molecule has 4 aromatic carbocycles. The van der Waals surface area contributed by atoms with Crippen molar-refractivity contribution in [2.45, 2.75) is 126 Å². The Kier molecular flexibility index (Phi) is 22.9. The highest BCUT2D eigenvalue weighted by Crippen LogP contribution is 2.45. The van der Waals surface area contributed by atoms with Crippen LogP contribution >= 0.6 is 34.4 Å². The lowest BCUT2D eigenvalue weighted by molar-refractivity contribution is -0.127. The first-order valence-corrected chi connectivity index (χ1v) is 38.6. The molecule has 0 bridgehead atoms. The molecular weight excluding hydrogens is 1350 g/mol. The minimum Gasteiger partial charge on any atom is -0.381 e. The normalized spacial score (nSPS) is 16.1. The zero-order chi connectivity index (χ0) is 69.1. The highest BCUT2D eigenvalue weighted by atomic mass is 32.2. The number of anilines is 9. The molecule has 11 rings (SSSR count). The Labute approximate surface area is 582 Å². The van der Waals surface area contributed by atoms with E-state index in [0.717, 1.165) is 106 Å². The summed E-state index contributed by atoms with van der Waals surface area (Å²) in [6.45, 7) is 15.3. The molecule has 4 aliphatic rings. The van der Waals surface area contributed by atoms with Gasteiger partial charge >= 0.3 is 5.91 Å². The molecule has 2 amide bonds. The molecule has 0 radical (unpaired) electrons. The van der Waals surface area contributed by atoms with Gasteiger partial charge in [-0.25, -0.2) is 9.28 Å². The average Bonchev–Trinajstić information content (AvgIpc) is 1.47. The van der Waals surface area contributed by atoms with Gasteiger partial charge in [0.25, 0.3) is 32.0 Å². The molecule has 1 saturated carbocycles. The fourth-order valence-corrected chi connectivity index (χ4v) is 16.4. The molecule has 1 spiro atoms. The van der Waals surface area contributed by atoms with Gasteiger partial charge in [-0.3, -0.25) is 18.7 Å². The number of carbonyl (C=O) groups excluding carboxylic acids is 3. The van der Waals surface area contributed by atoms with E-state index in [1.54, 1.807) is 12.1 Å². The number of amides is 2. The molecule has 26 nitrogen and oxygen atoms in total. The van der Waals surface area contributed by atoms with Crippen LogP contribution in [0.1, 0.15) is 121 Å². The number of carbonyl (C=O) groups is 3. The van der Waals surface area contributed by atoms with E-state index in [-0.39, 0.29) is 55.0 Å². The molecule has 98 heavy (non-hydrogen) atoms. The minimum atomic E-state index is -4.47. The van der Waals surface area contributed by atoms with Gasteiger partial charge in [0.05, 0.1) is 56.0 Å². The third-order valence-corrected chi connectivity index (χ3v) is 22.5. The van der Waals surface area contributed by atoms with Gasteiger partial charge in [-0.2, -0.15) is 53.5 Å². The standard InChI is InChI=1S/C67H79N17O9S5/c1-6-81(7-2)47-25-31-53(77-79-66-74-60(83-33-15-11-16-34-83)57(95-66)40-52(43(5)85)62(86)69-46-23-29-51(30-24-46)98(91,92)93)55(38-47)70-64-72-59(42-94-49-19-13-10-14-20-49)73-65(76-64)71-56-39-48(82(8-3)9-4)26-32-54(56)78-80-67-75-61-58(96-67)37-44(63(87)84(61)35-17-12-18-36-84)41-68-45-21-27-50(28-22-45)97(88,89)90/h21-32,37-40,49,68H,6-20,33-36,41-42H2,1-5H3,(H4-,69,70,71,72,73,74,75,76,79,80,85,86,87,88,89,90,91,92,93)/p+1. The number of azo groups is 2. The van der Waals surface area contributed by atoms with E-state index in [9.17, 15) is 40.3 Å². The van der Waals surface area contributed by atoms with Crippen molar-refractivity contribution >= 4 is 164 Å². The molecular formula is C67H80N17O9S5+. The number of hydrogen-bond donors (Lipinski definition) is 6. The predicted octanol–water partition coefficient (Wildman–Crippen LogP) is 15.0. The maximum atomic E-state index is 14.6. The first-order valence-electron chi connectivity index (χ1n) is 33.1. The van der Waals surface area contributed by atoms with Gasteiger partial charge in [0.1, 0.15) is 27.9 Å². The molecule has 2 saturated heterocycles. The number of Topliss-reactive ketones (excluding diaryl/α,β-unsaturated/α-hetero) is 1. The van der Waals surface area contributed by atoms with E-state index < -0.39 is 31.9 Å². The highest BCUT2D eigenvalue weighted by Gasteiger charge is 2.48. The summed E-state index contributed by atoms with van der Waals surface area (Å²) >= 11 is 4.35. The third kappa shape index (κ3) is 17.2. The number of thioether (sulfide) groups is 1. The quantitative estimate of drug-likeness (QED) is 0.00695. The summed E-state index contributed by atoms with van der Waals surface area (Å²) in [7, 11) is -8.84. The number of piperidine rings is 2. The van der Waals surface area contributed by atoms with Crippen LogP contribution in [0.2, 0.25) is 0 Å². The maximum absolute atomic E-state index is 14.6. The van der Waals surface area contributed by atoms with Crippen molar-refractivity contribution in [1.29, 1.82) is 0 Å².